The molecule has 2 unspecified atom stereocenters. The third-order valence-electron chi connectivity index (χ3n) is 5.20. The Labute approximate surface area is 197 Å². The number of hydrogen-bond acceptors (Lipinski definition) is 4. The molecular formula is C22H35IN4O3. The molecule has 0 aliphatic carbocycles. The lowest BCUT2D eigenvalue weighted by molar-refractivity contribution is -0.118. The Morgan fingerprint density at radius 2 is 2.23 bits per heavy atom. The quantitative estimate of drug-likeness (QED) is 0.222. The Bertz CT molecular complexity index is 695. The molecule has 1 amide bonds. The second kappa shape index (κ2) is 13.1. The van der Waals surface area contributed by atoms with Crippen LogP contribution in [0.1, 0.15) is 38.7 Å². The van der Waals surface area contributed by atoms with E-state index in [9.17, 15) is 4.79 Å². The first kappa shape index (κ1) is 24.9. The van der Waals surface area contributed by atoms with Gasteiger partial charge in [0.1, 0.15) is 0 Å². The van der Waals surface area contributed by atoms with Gasteiger partial charge in [-0.15, -0.1) is 24.0 Å². The smallest absolute Gasteiger partial charge is 0.227 e. The number of anilines is 1. The van der Waals surface area contributed by atoms with Gasteiger partial charge in [0.05, 0.1) is 19.3 Å². The summed E-state index contributed by atoms with van der Waals surface area (Å²) in [7, 11) is 0. The highest BCUT2D eigenvalue weighted by atomic mass is 127. The minimum atomic E-state index is 0. The van der Waals surface area contributed by atoms with Crippen LogP contribution in [0.3, 0.4) is 0 Å². The third kappa shape index (κ3) is 7.39. The first-order chi connectivity index (χ1) is 14.2. The van der Waals surface area contributed by atoms with Crippen molar-refractivity contribution < 1.29 is 14.3 Å². The van der Waals surface area contributed by atoms with E-state index in [1.165, 1.54) is 5.56 Å². The van der Waals surface area contributed by atoms with Crippen LogP contribution in [0.15, 0.2) is 29.3 Å². The van der Waals surface area contributed by atoms with E-state index in [4.69, 9.17) is 9.47 Å². The minimum Gasteiger partial charge on any atom is -0.379 e. The molecule has 3 rings (SSSR count). The van der Waals surface area contributed by atoms with Crippen LogP contribution < -0.4 is 15.5 Å². The molecular weight excluding hydrogens is 495 g/mol. The average molecular weight is 530 g/mol. The van der Waals surface area contributed by atoms with Crippen molar-refractivity contribution in [3.63, 3.8) is 0 Å². The zero-order valence-electron chi connectivity index (χ0n) is 18.1. The fraction of sp³-hybridized carbons (Fsp3) is 0.636. The van der Waals surface area contributed by atoms with Gasteiger partial charge in [0.25, 0.3) is 0 Å². The van der Waals surface area contributed by atoms with Crippen LogP contribution in [0.5, 0.6) is 0 Å². The second-order valence-electron chi connectivity index (χ2n) is 7.65. The maximum Gasteiger partial charge on any atom is 0.227 e. The first-order valence-electron chi connectivity index (χ1n) is 10.8. The van der Waals surface area contributed by atoms with Crippen molar-refractivity contribution in [2.24, 2.45) is 4.99 Å². The molecule has 1 saturated heterocycles. The molecule has 2 atom stereocenters. The molecule has 0 aromatic heterocycles. The number of nitrogens with one attached hydrogen (secondary N) is 2. The van der Waals surface area contributed by atoms with Gasteiger partial charge in [-0.25, -0.2) is 0 Å². The Kier molecular flexibility index (Phi) is 10.9. The summed E-state index contributed by atoms with van der Waals surface area (Å²) in [6, 6.07) is 8.31. The molecule has 8 heteroatoms. The van der Waals surface area contributed by atoms with Crippen LogP contribution in [0.25, 0.3) is 0 Å². The average Bonchev–Trinajstić information content (AvgIpc) is 3.39. The predicted molar refractivity (Wildman–Crippen MR) is 131 cm³/mol. The molecule has 0 spiro atoms. The molecule has 2 N–H and O–H groups in total. The maximum atomic E-state index is 12.6. The lowest BCUT2D eigenvalue weighted by atomic mass is 10.2. The molecule has 2 heterocycles. The first-order valence-corrected chi connectivity index (χ1v) is 10.8. The van der Waals surface area contributed by atoms with Crippen LogP contribution in [0.4, 0.5) is 5.69 Å². The van der Waals surface area contributed by atoms with Crippen molar-refractivity contribution in [3.8, 4) is 0 Å². The summed E-state index contributed by atoms with van der Waals surface area (Å²) in [6.45, 7) is 8.41. The number of amides is 1. The van der Waals surface area contributed by atoms with Gasteiger partial charge >= 0.3 is 0 Å². The molecule has 0 saturated carbocycles. The molecule has 2 aliphatic rings. The van der Waals surface area contributed by atoms with E-state index in [1.807, 2.05) is 30.0 Å². The summed E-state index contributed by atoms with van der Waals surface area (Å²) in [5, 5.41) is 6.64. The summed E-state index contributed by atoms with van der Waals surface area (Å²) >= 11 is 0. The zero-order chi connectivity index (χ0) is 20.5. The van der Waals surface area contributed by atoms with Crippen LogP contribution in [0, 0.1) is 0 Å². The van der Waals surface area contributed by atoms with Crippen molar-refractivity contribution in [2.45, 2.75) is 51.7 Å². The van der Waals surface area contributed by atoms with E-state index in [1.54, 1.807) is 0 Å². The van der Waals surface area contributed by atoms with Crippen LogP contribution >= 0.6 is 24.0 Å². The van der Waals surface area contributed by atoms with E-state index in [0.717, 1.165) is 50.6 Å². The molecule has 168 valence electrons. The van der Waals surface area contributed by atoms with Crippen molar-refractivity contribution in [2.75, 3.05) is 44.4 Å². The van der Waals surface area contributed by atoms with Crippen molar-refractivity contribution >= 4 is 41.5 Å². The molecule has 1 fully saturated rings. The van der Waals surface area contributed by atoms with Crippen molar-refractivity contribution in [1.82, 2.24) is 10.6 Å². The highest BCUT2D eigenvalue weighted by Crippen LogP contribution is 2.28. The predicted octanol–water partition coefficient (Wildman–Crippen LogP) is 2.72. The minimum absolute atomic E-state index is 0. The summed E-state index contributed by atoms with van der Waals surface area (Å²) in [6.07, 6.45) is 3.37. The lowest BCUT2D eigenvalue weighted by Gasteiger charge is -2.20. The molecule has 0 radical (unpaired) electrons. The van der Waals surface area contributed by atoms with E-state index in [2.05, 4.69) is 28.6 Å². The standard InChI is InChI=1S/C22H34N4O3.HI/c1-3-23-22(25-17(2)15-29-19-11-14-28-16-19)24-12-6-9-21(27)26-13-10-18-7-4-5-8-20(18)26;/h4-5,7-8,17,19H,3,6,9-16H2,1-2H3,(H2,23,24,25);1H. The van der Waals surface area contributed by atoms with Crippen LogP contribution in [-0.4, -0.2) is 63.5 Å². The Balaban J connectivity index is 0.00000320. The SMILES string of the molecule is CCNC(=NCCCC(=O)N1CCc2ccccc21)NC(C)COC1CCOC1.I. The highest BCUT2D eigenvalue weighted by molar-refractivity contribution is 14.0. The highest BCUT2D eigenvalue weighted by Gasteiger charge is 2.23. The largest absolute Gasteiger partial charge is 0.379 e. The van der Waals surface area contributed by atoms with Gasteiger partial charge in [-0.2, -0.15) is 0 Å². The number of hydrogen-bond donors (Lipinski definition) is 2. The third-order valence-corrected chi connectivity index (χ3v) is 5.20. The Morgan fingerprint density at radius 3 is 3.00 bits per heavy atom. The lowest BCUT2D eigenvalue weighted by Crippen LogP contribution is -2.44. The van der Waals surface area contributed by atoms with Crippen molar-refractivity contribution in [3.05, 3.63) is 29.8 Å². The zero-order valence-corrected chi connectivity index (χ0v) is 20.4. The number of benzene rings is 1. The van der Waals surface area contributed by atoms with Gasteiger partial charge in [-0.1, -0.05) is 18.2 Å². The molecule has 2 aliphatic heterocycles. The second-order valence-corrected chi connectivity index (χ2v) is 7.65. The molecule has 1 aromatic rings. The number of rotatable bonds is 9. The van der Waals surface area contributed by atoms with Crippen molar-refractivity contribution in [1.29, 1.82) is 0 Å². The number of guanidine groups is 1. The number of carbonyl (C=O) groups excluding carboxylic acids is 1. The molecule has 30 heavy (non-hydrogen) atoms. The molecule has 1 aromatic carbocycles. The Hall–Kier alpha value is -1.39. The number of nitrogens with zero attached hydrogens (tertiary/aromatic N) is 2. The Morgan fingerprint density at radius 1 is 1.40 bits per heavy atom. The van der Waals surface area contributed by atoms with Gasteiger partial charge in [0.2, 0.25) is 5.91 Å². The number of aliphatic imine (C=N–C) groups is 1. The van der Waals surface area contributed by atoms with Crippen LogP contribution in [-0.2, 0) is 20.7 Å². The number of halogens is 1. The van der Waals surface area contributed by atoms with Gasteiger partial charge in [0, 0.05) is 44.4 Å². The molecule has 0 bridgehead atoms. The fourth-order valence-corrected chi connectivity index (χ4v) is 3.67. The monoisotopic (exact) mass is 530 g/mol. The van der Waals surface area contributed by atoms with Gasteiger partial charge in [-0.05, 0) is 44.7 Å². The van der Waals surface area contributed by atoms with Gasteiger partial charge < -0.3 is 25.0 Å². The number of fused-ring (bicyclic) bond motifs is 1. The summed E-state index contributed by atoms with van der Waals surface area (Å²) in [4.78, 5) is 19.1. The van der Waals surface area contributed by atoms with E-state index in [-0.39, 0.29) is 42.0 Å². The summed E-state index contributed by atoms with van der Waals surface area (Å²) < 4.78 is 11.2. The molecule has 7 nitrogen and oxygen atoms in total. The normalized spacial score (nSPS) is 19.2. The topological polar surface area (TPSA) is 75.2 Å². The van der Waals surface area contributed by atoms with E-state index < -0.39 is 0 Å². The van der Waals surface area contributed by atoms with E-state index >= 15 is 0 Å². The van der Waals surface area contributed by atoms with Crippen LogP contribution in [0.2, 0.25) is 0 Å². The summed E-state index contributed by atoms with van der Waals surface area (Å²) in [5.74, 6) is 0.953. The number of ether oxygens (including phenoxy) is 2. The van der Waals surface area contributed by atoms with Gasteiger partial charge in [0.15, 0.2) is 5.96 Å². The summed E-state index contributed by atoms with van der Waals surface area (Å²) in [5.41, 5.74) is 2.33. The maximum absolute atomic E-state index is 12.6. The number of para-hydroxylation sites is 1. The number of carbonyl (C=O) groups is 1. The van der Waals surface area contributed by atoms with Gasteiger partial charge in [-0.3, -0.25) is 9.79 Å². The fourth-order valence-electron chi connectivity index (χ4n) is 3.67. The van der Waals surface area contributed by atoms with E-state index in [0.29, 0.717) is 26.2 Å².